The van der Waals surface area contributed by atoms with Crippen molar-refractivity contribution in [2.45, 2.75) is 296 Å². The van der Waals surface area contributed by atoms with Crippen molar-refractivity contribution in [1.29, 1.82) is 0 Å². The number of ether oxygens (including phenoxy) is 1. The molecule has 2 unspecified atom stereocenters. The average molecular weight is 846 g/mol. The zero-order valence-electron chi connectivity index (χ0n) is 40.2. The van der Waals surface area contributed by atoms with Gasteiger partial charge in [-0.2, -0.15) is 0 Å². The first-order chi connectivity index (χ1) is 29.5. The van der Waals surface area contributed by atoms with Gasteiger partial charge in [-0.3, -0.25) is 9.59 Å². The van der Waals surface area contributed by atoms with Gasteiger partial charge < -0.3 is 20.3 Å². The molecule has 1 amide bonds. The fourth-order valence-corrected chi connectivity index (χ4v) is 8.08. The molecule has 6 nitrogen and oxygen atoms in total. The van der Waals surface area contributed by atoms with Crippen molar-refractivity contribution in [3.63, 3.8) is 0 Å². The normalized spacial score (nSPS) is 12.8. The summed E-state index contributed by atoms with van der Waals surface area (Å²) < 4.78 is 5.44. The Bertz CT molecular complexity index is 935. The highest BCUT2D eigenvalue weighted by atomic mass is 16.5. The molecule has 3 N–H and O–H groups in total. The van der Waals surface area contributed by atoms with E-state index in [0.717, 1.165) is 57.8 Å². The second-order valence-corrected chi connectivity index (χ2v) is 18.2. The zero-order chi connectivity index (χ0) is 43.7. The monoisotopic (exact) mass is 846 g/mol. The first kappa shape index (κ1) is 58.3. The maximum absolute atomic E-state index is 12.4. The van der Waals surface area contributed by atoms with Crippen LogP contribution in [0, 0.1) is 0 Å². The first-order valence-corrected chi connectivity index (χ1v) is 26.6. The van der Waals surface area contributed by atoms with Gasteiger partial charge in [0.1, 0.15) is 0 Å². The highest BCUT2D eigenvalue weighted by molar-refractivity contribution is 5.76. The lowest BCUT2D eigenvalue weighted by Gasteiger charge is -2.20. The standard InChI is InChI=1S/C54H103NO5/c1-3-5-7-9-11-13-15-16-17-18-20-23-27-30-34-38-42-46-52(57)51(50-56)55-53(58)47-43-39-35-31-28-24-21-19-22-25-29-33-37-41-45-49-60-54(59)48-44-40-36-32-26-14-12-10-8-6-4-2/h10,12,42,46,51-52,56-57H,3-9,11,13-41,43-45,47-50H2,1-2H3,(H,55,58)/b12-10-,46-42+. The molecule has 0 saturated carbocycles. The summed E-state index contributed by atoms with van der Waals surface area (Å²) in [6, 6.07) is -0.634. The average Bonchev–Trinajstić information content (AvgIpc) is 3.25. The van der Waals surface area contributed by atoms with Gasteiger partial charge >= 0.3 is 5.97 Å². The summed E-state index contributed by atoms with van der Waals surface area (Å²) in [5.41, 5.74) is 0. The van der Waals surface area contributed by atoms with E-state index >= 15 is 0 Å². The number of rotatable bonds is 49. The van der Waals surface area contributed by atoms with Gasteiger partial charge in [0, 0.05) is 12.8 Å². The molecular formula is C54H103NO5. The summed E-state index contributed by atoms with van der Waals surface area (Å²) in [6.07, 6.45) is 58.9. The van der Waals surface area contributed by atoms with Gasteiger partial charge in [-0.1, -0.05) is 244 Å². The van der Waals surface area contributed by atoms with Gasteiger partial charge in [-0.25, -0.2) is 0 Å². The van der Waals surface area contributed by atoms with Crippen molar-refractivity contribution in [1.82, 2.24) is 5.32 Å². The molecule has 0 radical (unpaired) electrons. The Labute approximate surface area is 373 Å². The lowest BCUT2D eigenvalue weighted by Crippen LogP contribution is -2.45. The molecule has 0 aromatic carbocycles. The number of carbonyl (C=O) groups excluding carboxylic acids is 2. The molecule has 6 heteroatoms. The number of esters is 1. The number of hydrogen-bond acceptors (Lipinski definition) is 5. The molecule has 354 valence electrons. The van der Waals surface area contributed by atoms with Gasteiger partial charge in [0.2, 0.25) is 5.91 Å². The van der Waals surface area contributed by atoms with Crippen LogP contribution in [0.5, 0.6) is 0 Å². The van der Waals surface area contributed by atoms with Crippen LogP contribution >= 0.6 is 0 Å². The van der Waals surface area contributed by atoms with Crippen molar-refractivity contribution < 1.29 is 24.5 Å². The number of allylic oxidation sites excluding steroid dienone is 3. The van der Waals surface area contributed by atoms with Crippen molar-refractivity contribution >= 4 is 11.9 Å². The van der Waals surface area contributed by atoms with E-state index in [9.17, 15) is 19.8 Å². The van der Waals surface area contributed by atoms with Crippen LogP contribution in [0.1, 0.15) is 284 Å². The molecule has 2 atom stereocenters. The molecule has 0 rings (SSSR count). The van der Waals surface area contributed by atoms with E-state index in [1.165, 1.54) is 199 Å². The van der Waals surface area contributed by atoms with E-state index in [0.29, 0.717) is 19.4 Å². The number of nitrogens with one attached hydrogen (secondary N) is 1. The number of hydrogen-bond donors (Lipinski definition) is 3. The third-order valence-corrected chi connectivity index (χ3v) is 12.2. The van der Waals surface area contributed by atoms with Crippen LogP contribution in [-0.2, 0) is 14.3 Å². The van der Waals surface area contributed by atoms with Crippen LogP contribution in [0.25, 0.3) is 0 Å². The molecule has 0 bridgehead atoms. The van der Waals surface area contributed by atoms with E-state index in [1.807, 2.05) is 6.08 Å². The molecule has 0 heterocycles. The van der Waals surface area contributed by atoms with Gasteiger partial charge in [0.05, 0.1) is 25.4 Å². The minimum Gasteiger partial charge on any atom is -0.466 e. The Morgan fingerprint density at radius 2 is 0.800 bits per heavy atom. The fraction of sp³-hybridized carbons (Fsp3) is 0.889. The Morgan fingerprint density at radius 3 is 1.23 bits per heavy atom. The number of carbonyl (C=O) groups is 2. The van der Waals surface area contributed by atoms with Crippen LogP contribution in [-0.4, -0.2) is 47.4 Å². The maximum atomic E-state index is 12.4. The predicted octanol–water partition coefficient (Wildman–Crippen LogP) is 15.9. The lowest BCUT2D eigenvalue weighted by molar-refractivity contribution is -0.143. The van der Waals surface area contributed by atoms with Gasteiger partial charge in [-0.15, -0.1) is 0 Å². The van der Waals surface area contributed by atoms with Crippen molar-refractivity contribution in [2.75, 3.05) is 13.2 Å². The Balaban J connectivity index is 3.48. The molecule has 0 saturated heterocycles. The molecule has 0 aliphatic carbocycles. The number of amides is 1. The van der Waals surface area contributed by atoms with E-state index in [4.69, 9.17) is 4.74 Å². The summed E-state index contributed by atoms with van der Waals surface area (Å²) in [6.45, 7) is 4.85. The summed E-state index contributed by atoms with van der Waals surface area (Å²) >= 11 is 0. The molecule has 0 fully saturated rings. The first-order valence-electron chi connectivity index (χ1n) is 26.6. The highest BCUT2D eigenvalue weighted by Gasteiger charge is 2.18. The third-order valence-electron chi connectivity index (χ3n) is 12.2. The summed E-state index contributed by atoms with van der Waals surface area (Å²) in [7, 11) is 0. The lowest BCUT2D eigenvalue weighted by atomic mass is 10.0. The van der Waals surface area contributed by atoms with Crippen LogP contribution in [0.15, 0.2) is 24.3 Å². The quantitative estimate of drug-likeness (QED) is 0.0322. The minimum atomic E-state index is -0.850. The zero-order valence-corrected chi connectivity index (χ0v) is 40.2. The summed E-state index contributed by atoms with van der Waals surface area (Å²) in [5.74, 6) is -0.0873. The SMILES string of the molecule is CCCC/C=C\CCCCCCCC(=O)OCCCCCCCCCCCCCCCCCC(=O)NC(CO)C(O)/C=C/CCCCCCCCCCCCCCCCC. The molecule has 0 aromatic heterocycles. The van der Waals surface area contributed by atoms with E-state index in [2.05, 4.69) is 31.3 Å². The van der Waals surface area contributed by atoms with Crippen LogP contribution in [0.3, 0.4) is 0 Å². The summed E-state index contributed by atoms with van der Waals surface area (Å²) in [4.78, 5) is 24.4. The van der Waals surface area contributed by atoms with E-state index in [-0.39, 0.29) is 18.5 Å². The van der Waals surface area contributed by atoms with E-state index < -0.39 is 12.1 Å². The minimum absolute atomic E-state index is 0.0116. The number of unbranched alkanes of at least 4 members (excludes halogenated alkanes) is 36. The molecule has 0 aliphatic heterocycles. The smallest absolute Gasteiger partial charge is 0.305 e. The van der Waals surface area contributed by atoms with Crippen LogP contribution < -0.4 is 5.32 Å². The largest absolute Gasteiger partial charge is 0.466 e. The maximum Gasteiger partial charge on any atom is 0.305 e. The molecule has 0 spiro atoms. The highest BCUT2D eigenvalue weighted by Crippen LogP contribution is 2.16. The molecular weight excluding hydrogens is 743 g/mol. The predicted molar refractivity (Wildman–Crippen MR) is 260 cm³/mol. The van der Waals surface area contributed by atoms with Crippen LogP contribution in [0.4, 0.5) is 0 Å². The molecule has 0 aromatic rings. The van der Waals surface area contributed by atoms with E-state index in [1.54, 1.807) is 6.08 Å². The second-order valence-electron chi connectivity index (χ2n) is 18.2. The molecule has 0 aliphatic rings. The van der Waals surface area contributed by atoms with Gasteiger partial charge in [0.25, 0.3) is 0 Å². The third kappa shape index (κ3) is 45.9. The Hall–Kier alpha value is -1.66. The van der Waals surface area contributed by atoms with Crippen LogP contribution in [0.2, 0.25) is 0 Å². The number of aliphatic hydroxyl groups is 2. The fourth-order valence-electron chi connectivity index (χ4n) is 8.08. The Kier molecular flexibility index (Phi) is 48.6. The van der Waals surface area contributed by atoms with Gasteiger partial charge in [-0.05, 0) is 51.4 Å². The van der Waals surface area contributed by atoms with Gasteiger partial charge in [0.15, 0.2) is 0 Å². The van der Waals surface area contributed by atoms with Crippen molar-refractivity contribution in [3.05, 3.63) is 24.3 Å². The second kappa shape index (κ2) is 50.0. The Morgan fingerprint density at radius 1 is 0.450 bits per heavy atom. The van der Waals surface area contributed by atoms with Crippen molar-refractivity contribution in [3.8, 4) is 0 Å². The topological polar surface area (TPSA) is 95.9 Å². The van der Waals surface area contributed by atoms with Crippen molar-refractivity contribution in [2.24, 2.45) is 0 Å². The number of aliphatic hydroxyl groups excluding tert-OH is 2. The molecule has 60 heavy (non-hydrogen) atoms. The summed E-state index contributed by atoms with van der Waals surface area (Å²) in [5, 5.41) is 23.1.